The van der Waals surface area contributed by atoms with E-state index in [-0.39, 0.29) is 0 Å². The molecule has 2 nitrogen and oxygen atoms in total. The zero-order valence-corrected chi connectivity index (χ0v) is 4.18. The van der Waals surface area contributed by atoms with Crippen molar-refractivity contribution in [2.24, 2.45) is 4.99 Å². The summed E-state index contributed by atoms with van der Waals surface area (Å²) >= 11 is 0. The largest absolute Gasteiger partial charge is 0.278 e. The zero-order chi connectivity index (χ0) is 4.99. The summed E-state index contributed by atoms with van der Waals surface area (Å²) in [5, 5.41) is 0. The van der Waals surface area contributed by atoms with Crippen LogP contribution in [0.4, 0.5) is 0 Å². The smallest absolute Gasteiger partial charge is 0.247 e. The number of hydrogen-bond donors (Lipinski definition) is 0. The predicted molar refractivity (Wildman–Crippen MR) is 27.7 cm³/mol. The quantitative estimate of drug-likeness (QED) is 0.242. The Morgan fingerprint density at radius 2 is 2.33 bits per heavy atom. The molecule has 0 radical (unpaired) electrons. The fourth-order valence-corrected chi connectivity index (χ4v) is 0.197. The van der Waals surface area contributed by atoms with Crippen molar-refractivity contribution in [2.45, 2.75) is 0 Å². The Balaban J connectivity index is 3.30. The van der Waals surface area contributed by atoms with E-state index in [1.807, 2.05) is 7.05 Å². The molecule has 6 heavy (non-hydrogen) atoms. The first kappa shape index (κ1) is 5.34. The number of hydrogen-bond acceptors (Lipinski definition) is 1. The van der Waals surface area contributed by atoms with Gasteiger partial charge in [-0.25, -0.2) is 4.58 Å². The highest BCUT2D eigenvalue weighted by Gasteiger charge is 1.70. The SMILES string of the molecule is C=[N+](C)C=NC. The Kier molecular flexibility index (Phi) is 2.29. The second-order valence-electron chi connectivity index (χ2n) is 1.13. The maximum atomic E-state index is 3.67. The number of rotatable bonds is 1. The summed E-state index contributed by atoms with van der Waals surface area (Å²) < 4.78 is 1.64. The lowest BCUT2D eigenvalue weighted by Gasteiger charge is -1.73. The Morgan fingerprint density at radius 3 is 2.33 bits per heavy atom. The van der Waals surface area contributed by atoms with Gasteiger partial charge < -0.3 is 0 Å². The molecule has 0 aromatic rings. The van der Waals surface area contributed by atoms with E-state index in [9.17, 15) is 0 Å². The van der Waals surface area contributed by atoms with E-state index in [1.165, 1.54) is 0 Å². The highest BCUT2D eigenvalue weighted by Crippen LogP contribution is 1.49. The van der Waals surface area contributed by atoms with Crippen LogP contribution in [0.25, 0.3) is 0 Å². The molecule has 0 aliphatic rings. The molecule has 0 saturated carbocycles. The van der Waals surface area contributed by atoms with Crippen molar-refractivity contribution in [3.8, 4) is 0 Å². The first-order valence-corrected chi connectivity index (χ1v) is 1.73. The average Bonchev–Trinajstić information content (AvgIpc) is 1.35. The summed E-state index contributed by atoms with van der Waals surface area (Å²) in [5.41, 5.74) is 0. The van der Waals surface area contributed by atoms with E-state index in [0.29, 0.717) is 0 Å². The highest BCUT2D eigenvalue weighted by atomic mass is 15.0. The molecule has 0 aromatic heterocycles. The predicted octanol–water partition coefficient (Wildman–Crippen LogP) is -0.0126. The normalized spacial score (nSPS) is 9.67. The summed E-state index contributed by atoms with van der Waals surface area (Å²) in [6, 6.07) is 0. The van der Waals surface area contributed by atoms with Crippen LogP contribution in [0.3, 0.4) is 0 Å². The molecular formula is C4H9N2+. The first-order chi connectivity index (χ1) is 2.77. The maximum absolute atomic E-state index is 3.67. The van der Waals surface area contributed by atoms with E-state index >= 15 is 0 Å². The highest BCUT2D eigenvalue weighted by molar-refractivity contribution is 5.46. The van der Waals surface area contributed by atoms with E-state index in [2.05, 4.69) is 11.7 Å². The minimum Gasteiger partial charge on any atom is -0.247 e. The molecule has 34 valence electrons. The summed E-state index contributed by atoms with van der Waals surface area (Å²) in [5.74, 6) is 0. The summed E-state index contributed by atoms with van der Waals surface area (Å²) in [7, 11) is 3.54. The molecule has 0 fully saturated rings. The molecule has 0 aliphatic heterocycles. The van der Waals surface area contributed by atoms with Gasteiger partial charge in [0.2, 0.25) is 0 Å². The molecule has 0 bridgehead atoms. The van der Waals surface area contributed by atoms with Crippen LogP contribution < -0.4 is 0 Å². The van der Waals surface area contributed by atoms with Gasteiger partial charge in [0.1, 0.15) is 7.05 Å². The summed E-state index contributed by atoms with van der Waals surface area (Å²) in [4.78, 5) is 3.67. The van der Waals surface area contributed by atoms with E-state index < -0.39 is 0 Å². The molecule has 0 rings (SSSR count). The first-order valence-electron chi connectivity index (χ1n) is 1.73. The fourth-order valence-electron chi connectivity index (χ4n) is 0.197. The van der Waals surface area contributed by atoms with Crippen LogP contribution in [-0.4, -0.2) is 31.7 Å². The number of aliphatic imine (C=N–C) groups is 1. The van der Waals surface area contributed by atoms with Gasteiger partial charge in [-0.15, -0.1) is 0 Å². The molecule has 0 aromatic carbocycles. The Bertz CT molecular complexity index is 73.6. The molecule has 0 atom stereocenters. The maximum Gasteiger partial charge on any atom is 0.278 e. The molecule has 0 amide bonds. The Labute approximate surface area is 37.8 Å². The molecular weight excluding hydrogens is 76.1 g/mol. The van der Waals surface area contributed by atoms with E-state index in [0.717, 1.165) is 0 Å². The molecule has 0 spiro atoms. The van der Waals surface area contributed by atoms with Gasteiger partial charge in [0.15, 0.2) is 0 Å². The topological polar surface area (TPSA) is 15.4 Å². The van der Waals surface area contributed by atoms with Crippen LogP contribution in [0.15, 0.2) is 4.99 Å². The Hall–Kier alpha value is -0.660. The standard InChI is InChI=1S/C4H9N2/c1-5-4-6(2)3/h4H,2H2,1,3H3/q+1. The minimum absolute atomic E-state index is 1.64. The third-order valence-electron chi connectivity index (χ3n) is 0.313. The van der Waals surface area contributed by atoms with Gasteiger partial charge in [-0.1, -0.05) is 4.99 Å². The van der Waals surface area contributed by atoms with Crippen molar-refractivity contribution in [3.63, 3.8) is 0 Å². The lowest BCUT2D eigenvalue weighted by atomic mass is 11.0. The monoisotopic (exact) mass is 85.1 g/mol. The molecule has 0 N–H and O–H groups in total. The van der Waals surface area contributed by atoms with Gasteiger partial charge >= 0.3 is 0 Å². The van der Waals surface area contributed by atoms with Crippen LogP contribution in [0.1, 0.15) is 0 Å². The summed E-state index contributed by atoms with van der Waals surface area (Å²) in [6.45, 7) is 3.51. The fraction of sp³-hybridized carbons (Fsp3) is 0.500. The summed E-state index contributed by atoms with van der Waals surface area (Å²) in [6.07, 6.45) is 1.64. The van der Waals surface area contributed by atoms with Crippen molar-refractivity contribution in [1.82, 2.24) is 0 Å². The van der Waals surface area contributed by atoms with Crippen LogP contribution in [0, 0.1) is 0 Å². The molecule has 0 heterocycles. The third-order valence-corrected chi connectivity index (χ3v) is 0.313. The number of nitrogens with zero attached hydrogens (tertiary/aromatic N) is 2. The second kappa shape index (κ2) is 2.57. The van der Waals surface area contributed by atoms with Crippen LogP contribution >= 0.6 is 0 Å². The van der Waals surface area contributed by atoms with Gasteiger partial charge in [0.25, 0.3) is 6.34 Å². The van der Waals surface area contributed by atoms with E-state index in [4.69, 9.17) is 0 Å². The Morgan fingerprint density at radius 1 is 1.83 bits per heavy atom. The van der Waals surface area contributed by atoms with Gasteiger partial charge in [0.05, 0.1) is 13.8 Å². The average molecular weight is 85.1 g/mol. The van der Waals surface area contributed by atoms with Gasteiger partial charge in [-0.05, 0) is 0 Å². The van der Waals surface area contributed by atoms with Crippen LogP contribution in [0.2, 0.25) is 0 Å². The molecule has 0 saturated heterocycles. The molecule has 2 heteroatoms. The van der Waals surface area contributed by atoms with Crippen molar-refractivity contribution in [1.29, 1.82) is 0 Å². The lowest BCUT2D eigenvalue weighted by molar-refractivity contribution is -0.349. The zero-order valence-electron chi connectivity index (χ0n) is 4.18. The van der Waals surface area contributed by atoms with Crippen molar-refractivity contribution >= 4 is 13.1 Å². The lowest BCUT2D eigenvalue weighted by Crippen LogP contribution is -1.95. The molecule has 0 unspecified atom stereocenters. The third kappa shape index (κ3) is 3.34. The van der Waals surface area contributed by atoms with Crippen molar-refractivity contribution in [3.05, 3.63) is 0 Å². The molecule has 0 aliphatic carbocycles. The van der Waals surface area contributed by atoms with Crippen molar-refractivity contribution < 1.29 is 4.58 Å². The van der Waals surface area contributed by atoms with Gasteiger partial charge in [-0.2, -0.15) is 0 Å². The van der Waals surface area contributed by atoms with Gasteiger partial charge in [-0.3, -0.25) is 0 Å². The minimum atomic E-state index is 1.64. The van der Waals surface area contributed by atoms with E-state index in [1.54, 1.807) is 18.0 Å². The van der Waals surface area contributed by atoms with Crippen LogP contribution in [0.5, 0.6) is 0 Å². The van der Waals surface area contributed by atoms with Crippen LogP contribution in [-0.2, 0) is 0 Å². The second-order valence-corrected chi connectivity index (χ2v) is 1.13. The van der Waals surface area contributed by atoms with Crippen molar-refractivity contribution in [2.75, 3.05) is 14.1 Å². The van der Waals surface area contributed by atoms with Gasteiger partial charge in [0, 0.05) is 0 Å².